The van der Waals surface area contributed by atoms with Crippen molar-refractivity contribution in [3.05, 3.63) is 36.4 Å². The number of alkyl halides is 3. The highest BCUT2D eigenvalue weighted by molar-refractivity contribution is 8.00. The molecule has 0 bridgehead atoms. The third kappa shape index (κ3) is 4.89. The van der Waals surface area contributed by atoms with Crippen molar-refractivity contribution >= 4 is 24.2 Å². The summed E-state index contributed by atoms with van der Waals surface area (Å²) >= 11 is -0.249. The fourth-order valence-electron chi connectivity index (χ4n) is 1.12. The molecule has 0 saturated carbocycles. The van der Waals surface area contributed by atoms with Crippen molar-refractivity contribution in [1.29, 1.82) is 0 Å². The maximum Gasteiger partial charge on any atom is 0.446 e. The number of nitrogens with two attached hydrogens (primary N) is 1. The second-order valence-corrected chi connectivity index (χ2v) is 4.17. The monoisotopic (exact) mass is 285 g/mol. The summed E-state index contributed by atoms with van der Waals surface area (Å²) in [7, 11) is 0. The van der Waals surface area contributed by atoms with E-state index in [1.807, 2.05) is 0 Å². The van der Waals surface area contributed by atoms with Crippen LogP contribution in [0.15, 0.2) is 35.7 Å². The van der Waals surface area contributed by atoms with Gasteiger partial charge in [0.2, 0.25) is 0 Å². The molecule has 0 aliphatic rings. The van der Waals surface area contributed by atoms with Gasteiger partial charge in [0.05, 0.1) is 6.04 Å². The van der Waals surface area contributed by atoms with E-state index in [0.29, 0.717) is 0 Å². The van der Waals surface area contributed by atoms with Crippen molar-refractivity contribution in [2.45, 2.75) is 16.4 Å². The van der Waals surface area contributed by atoms with Gasteiger partial charge in [0.25, 0.3) is 0 Å². The number of hydrogen-bond acceptors (Lipinski definition) is 3. The van der Waals surface area contributed by atoms with Crippen molar-refractivity contribution < 1.29 is 18.3 Å². The van der Waals surface area contributed by atoms with Crippen molar-refractivity contribution in [3.8, 4) is 5.75 Å². The summed E-state index contributed by atoms with van der Waals surface area (Å²) in [6.45, 7) is 3.42. The minimum Gasteiger partial charge on any atom is -0.508 e. The lowest BCUT2D eigenvalue weighted by atomic mass is 10.1. The van der Waals surface area contributed by atoms with E-state index in [1.54, 1.807) is 0 Å². The van der Waals surface area contributed by atoms with Crippen LogP contribution in [0.2, 0.25) is 0 Å². The Morgan fingerprint density at radius 1 is 1.41 bits per heavy atom. The molecule has 0 unspecified atom stereocenters. The van der Waals surface area contributed by atoms with E-state index in [2.05, 4.69) is 6.58 Å². The van der Waals surface area contributed by atoms with Gasteiger partial charge in [0.1, 0.15) is 5.75 Å². The van der Waals surface area contributed by atoms with Crippen molar-refractivity contribution in [2.24, 2.45) is 5.73 Å². The summed E-state index contributed by atoms with van der Waals surface area (Å²) in [6.07, 6.45) is 1.34. The first-order valence-corrected chi connectivity index (χ1v) is 5.12. The number of benzene rings is 1. The summed E-state index contributed by atoms with van der Waals surface area (Å²) in [6, 6.07) is 2.90. The number of thioether (sulfide) groups is 1. The number of phenols is 1. The second-order valence-electron chi connectivity index (χ2n) is 3.03. The molecule has 0 aliphatic heterocycles. The zero-order chi connectivity index (χ0) is 12.3. The third-order valence-electron chi connectivity index (χ3n) is 1.85. The van der Waals surface area contributed by atoms with Crippen LogP contribution in [0.4, 0.5) is 13.2 Å². The molecule has 1 aromatic carbocycles. The SMILES string of the molecule is C=C[C@H](N)c1cc(SC(F)(F)F)ccc1O.Cl. The Morgan fingerprint density at radius 3 is 2.47 bits per heavy atom. The standard InChI is InChI=1S/C10H10F3NOS.ClH/c1-2-8(14)7-5-6(3-4-9(7)15)16-10(11,12)13;/h2-5,8,15H,1,14H2;1H/t8-;/m0./s1. The van der Waals surface area contributed by atoms with Gasteiger partial charge in [-0.1, -0.05) is 6.08 Å². The van der Waals surface area contributed by atoms with Gasteiger partial charge in [-0.3, -0.25) is 0 Å². The number of phenolic OH excluding ortho intramolecular Hbond substituents is 1. The third-order valence-corrected chi connectivity index (χ3v) is 2.57. The molecular formula is C10H11ClF3NOS. The summed E-state index contributed by atoms with van der Waals surface area (Å²) < 4.78 is 36.3. The highest BCUT2D eigenvalue weighted by Crippen LogP contribution is 2.39. The Hall–Kier alpha value is -0.850. The van der Waals surface area contributed by atoms with Crippen LogP contribution in [0.25, 0.3) is 0 Å². The molecule has 1 aromatic rings. The summed E-state index contributed by atoms with van der Waals surface area (Å²) in [5.74, 6) is -0.140. The molecule has 1 atom stereocenters. The number of aromatic hydroxyl groups is 1. The molecule has 0 amide bonds. The van der Waals surface area contributed by atoms with Gasteiger partial charge in [-0.25, -0.2) is 0 Å². The number of hydrogen-bond donors (Lipinski definition) is 2. The van der Waals surface area contributed by atoms with Gasteiger partial charge in [0.15, 0.2) is 0 Å². The predicted octanol–water partition coefficient (Wildman–Crippen LogP) is 3.61. The summed E-state index contributed by atoms with van der Waals surface area (Å²) in [4.78, 5) is -0.0161. The quantitative estimate of drug-likeness (QED) is 0.659. The lowest BCUT2D eigenvalue weighted by molar-refractivity contribution is -0.0328. The van der Waals surface area contributed by atoms with Crippen LogP contribution in [-0.2, 0) is 0 Å². The Kier molecular flexibility index (Phi) is 5.87. The number of halogens is 4. The zero-order valence-electron chi connectivity index (χ0n) is 8.57. The maximum atomic E-state index is 12.1. The molecule has 0 radical (unpaired) electrons. The highest BCUT2D eigenvalue weighted by atomic mass is 35.5. The molecule has 17 heavy (non-hydrogen) atoms. The molecule has 2 nitrogen and oxygen atoms in total. The maximum absolute atomic E-state index is 12.1. The predicted molar refractivity (Wildman–Crippen MR) is 64.4 cm³/mol. The van der Waals surface area contributed by atoms with Gasteiger partial charge in [-0.05, 0) is 30.0 Å². The molecule has 0 saturated heterocycles. The lowest BCUT2D eigenvalue weighted by Gasteiger charge is -2.12. The molecule has 3 N–H and O–H groups in total. The van der Waals surface area contributed by atoms with Gasteiger partial charge in [-0.2, -0.15) is 13.2 Å². The van der Waals surface area contributed by atoms with Gasteiger partial charge in [-0.15, -0.1) is 19.0 Å². The fraction of sp³-hybridized carbons (Fsp3) is 0.200. The molecule has 0 aromatic heterocycles. The van der Waals surface area contributed by atoms with Crippen LogP contribution in [0.1, 0.15) is 11.6 Å². The smallest absolute Gasteiger partial charge is 0.446 e. The minimum absolute atomic E-state index is 0. The molecular weight excluding hydrogens is 275 g/mol. The molecule has 0 aliphatic carbocycles. The van der Waals surface area contributed by atoms with Gasteiger partial charge < -0.3 is 10.8 Å². The van der Waals surface area contributed by atoms with Crippen LogP contribution in [0.3, 0.4) is 0 Å². The highest BCUT2D eigenvalue weighted by Gasteiger charge is 2.29. The molecule has 0 heterocycles. The molecule has 0 spiro atoms. The van der Waals surface area contributed by atoms with Crippen LogP contribution in [0, 0.1) is 0 Å². The Balaban J connectivity index is 0.00000256. The van der Waals surface area contributed by atoms with E-state index >= 15 is 0 Å². The van der Waals surface area contributed by atoms with Crippen LogP contribution in [0.5, 0.6) is 5.75 Å². The molecule has 7 heteroatoms. The Bertz CT molecular complexity index is 398. The average Bonchev–Trinajstić information content (AvgIpc) is 2.18. The normalized spacial score (nSPS) is 12.7. The largest absolute Gasteiger partial charge is 0.508 e. The van der Waals surface area contributed by atoms with E-state index in [9.17, 15) is 18.3 Å². The van der Waals surface area contributed by atoms with Gasteiger partial charge in [0, 0.05) is 10.5 Å². The van der Waals surface area contributed by atoms with E-state index < -0.39 is 11.6 Å². The molecule has 96 valence electrons. The Morgan fingerprint density at radius 2 is 2.00 bits per heavy atom. The minimum atomic E-state index is -4.35. The van der Waals surface area contributed by atoms with E-state index in [1.165, 1.54) is 24.3 Å². The first-order valence-electron chi connectivity index (χ1n) is 4.30. The molecule has 0 fully saturated rings. The molecule has 1 rings (SSSR count). The van der Waals surface area contributed by atoms with Crippen molar-refractivity contribution in [2.75, 3.05) is 0 Å². The number of rotatable bonds is 3. The van der Waals surface area contributed by atoms with E-state index in [4.69, 9.17) is 5.73 Å². The zero-order valence-corrected chi connectivity index (χ0v) is 10.2. The van der Waals surface area contributed by atoms with E-state index in [0.717, 1.165) is 0 Å². The van der Waals surface area contributed by atoms with Crippen LogP contribution >= 0.6 is 24.2 Å². The average molecular weight is 286 g/mol. The van der Waals surface area contributed by atoms with Gasteiger partial charge >= 0.3 is 5.51 Å². The topological polar surface area (TPSA) is 46.2 Å². The van der Waals surface area contributed by atoms with E-state index in [-0.39, 0.29) is 40.4 Å². The first-order chi connectivity index (χ1) is 7.33. The summed E-state index contributed by atoms with van der Waals surface area (Å²) in [5, 5.41) is 9.42. The van der Waals surface area contributed by atoms with Crippen molar-refractivity contribution in [1.82, 2.24) is 0 Å². The second kappa shape index (κ2) is 6.18. The lowest BCUT2D eigenvalue weighted by Crippen LogP contribution is -2.07. The van der Waals surface area contributed by atoms with Crippen LogP contribution in [-0.4, -0.2) is 10.6 Å². The first kappa shape index (κ1) is 16.1. The Labute approximate surface area is 107 Å². The fourth-order valence-corrected chi connectivity index (χ4v) is 1.71. The van der Waals surface area contributed by atoms with Crippen molar-refractivity contribution in [3.63, 3.8) is 0 Å². The van der Waals surface area contributed by atoms with Crippen LogP contribution < -0.4 is 5.73 Å². The summed E-state index contributed by atoms with van der Waals surface area (Å²) in [5.41, 5.74) is 1.43.